The van der Waals surface area contributed by atoms with Gasteiger partial charge in [-0.15, -0.1) is 0 Å². The second-order valence-corrected chi connectivity index (χ2v) is 13.0. The monoisotopic (exact) mass is 627 g/mol. The Morgan fingerprint density at radius 1 is 1.22 bits per heavy atom. The maximum Gasteiger partial charge on any atom is 0.397 e. The summed E-state index contributed by atoms with van der Waals surface area (Å²) in [6.07, 6.45) is 7.81. The lowest BCUT2D eigenvalue weighted by Gasteiger charge is -2.49. The molecule has 2 aliphatic heterocycles. The molecule has 0 aromatic heterocycles. The van der Waals surface area contributed by atoms with Crippen LogP contribution in [0.5, 0.6) is 0 Å². The maximum atomic E-state index is 13.5. The Hall–Kier alpha value is -3.28. The standard InChI is InChI=1S/C34H45NO10/c1-7-14-35-30(37)33(40)42-20(5)27-17(2)15-18(3)34-22(16-24(41-6)32(39)43-27)12-13-23-25(34)26(36)19(4)28(29(23)45-34)44-31(38)21-10-8-9-11-21/h8-10,12-13,15,17,19-20,22-29,36H,7,11,14,16H2,1-6H3,(H,35,37)/b18-15+/t17-,19-,20-,22-,23?,24+,25?,26?,27+,28-,29-,34+/m1/s1. The summed E-state index contributed by atoms with van der Waals surface area (Å²) >= 11 is 0. The van der Waals surface area contributed by atoms with Crippen LogP contribution in [0.4, 0.5) is 0 Å². The van der Waals surface area contributed by atoms with Crippen LogP contribution in [0, 0.1) is 29.6 Å². The minimum Gasteiger partial charge on any atom is -0.456 e. The van der Waals surface area contributed by atoms with E-state index in [-0.39, 0.29) is 24.2 Å². The van der Waals surface area contributed by atoms with E-state index in [2.05, 4.69) is 5.32 Å². The molecule has 1 saturated heterocycles. The summed E-state index contributed by atoms with van der Waals surface area (Å²) in [5, 5.41) is 14.4. The first-order valence-corrected chi connectivity index (χ1v) is 16.0. The Labute approximate surface area is 264 Å². The van der Waals surface area contributed by atoms with Crippen molar-refractivity contribution in [3.63, 3.8) is 0 Å². The summed E-state index contributed by atoms with van der Waals surface area (Å²) in [6, 6.07) is 0. The highest BCUT2D eigenvalue weighted by Gasteiger charge is 2.69. The first-order chi connectivity index (χ1) is 21.4. The van der Waals surface area contributed by atoms with Crippen LogP contribution in [-0.2, 0) is 42.9 Å². The van der Waals surface area contributed by atoms with E-state index in [1.807, 2.05) is 58.1 Å². The van der Waals surface area contributed by atoms with Gasteiger partial charge in [0.1, 0.15) is 30.0 Å². The third kappa shape index (κ3) is 5.90. The minimum absolute atomic E-state index is 0.200. The van der Waals surface area contributed by atoms with Crippen molar-refractivity contribution >= 4 is 23.8 Å². The third-order valence-corrected chi connectivity index (χ3v) is 10.2. The number of hydrogen-bond donors (Lipinski definition) is 2. The Bertz CT molecular complexity index is 1320. The molecule has 1 saturated carbocycles. The highest BCUT2D eigenvalue weighted by molar-refractivity contribution is 6.32. The van der Waals surface area contributed by atoms with Crippen molar-refractivity contribution in [2.24, 2.45) is 29.6 Å². The molecule has 11 heteroatoms. The fourth-order valence-electron chi connectivity index (χ4n) is 7.88. The van der Waals surface area contributed by atoms with Crippen molar-refractivity contribution in [1.82, 2.24) is 5.32 Å². The van der Waals surface area contributed by atoms with Gasteiger partial charge < -0.3 is 34.1 Å². The number of allylic oxidation sites excluding steroid dienone is 3. The Kier molecular flexibility index (Phi) is 9.72. The molecule has 3 aliphatic carbocycles. The lowest BCUT2D eigenvalue weighted by atomic mass is 9.57. The number of hydrogen-bond acceptors (Lipinski definition) is 10. The molecular formula is C34H45NO10. The molecule has 5 rings (SSSR count). The van der Waals surface area contributed by atoms with E-state index in [9.17, 15) is 24.3 Å². The van der Waals surface area contributed by atoms with Gasteiger partial charge >= 0.3 is 23.8 Å². The number of ether oxygens (including phenoxy) is 5. The Balaban J connectivity index is 1.48. The van der Waals surface area contributed by atoms with Gasteiger partial charge in [0.2, 0.25) is 0 Å². The van der Waals surface area contributed by atoms with E-state index in [0.717, 1.165) is 5.57 Å². The van der Waals surface area contributed by atoms with Crippen molar-refractivity contribution in [2.75, 3.05) is 13.7 Å². The van der Waals surface area contributed by atoms with Crippen molar-refractivity contribution in [1.29, 1.82) is 0 Å². The molecule has 12 atom stereocenters. The summed E-state index contributed by atoms with van der Waals surface area (Å²) in [4.78, 5) is 51.3. The zero-order valence-corrected chi connectivity index (χ0v) is 26.8. The summed E-state index contributed by atoms with van der Waals surface area (Å²) in [5.41, 5.74) is 0.347. The summed E-state index contributed by atoms with van der Waals surface area (Å²) < 4.78 is 30.1. The van der Waals surface area contributed by atoms with E-state index in [1.54, 1.807) is 13.0 Å². The fraction of sp³-hybridized carbons (Fsp3) is 0.647. The number of carbonyl (C=O) groups is 4. The molecule has 1 spiro atoms. The lowest BCUT2D eigenvalue weighted by Crippen LogP contribution is -2.57. The van der Waals surface area contributed by atoms with Gasteiger partial charge in [0.15, 0.2) is 6.10 Å². The first-order valence-electron chi connectivity index (χ1n) is 16.0. The predicted octanol–water partition coefficient (Wildman–Crippen LogP) is 2.72. The van der Waals surface area contributed by atoms with Crippen molar-refractivity contribution < 1.29 is 48.0 Å². The van der Waals surface area contributed by atoms with Crippen molar-refractivity contribution in [2.45, 2.75) is 96.1 Å². The van der Waals surface area contributed by atoms with E-state index in [0.29, 0.717) is 25.0 Å². The third-order valence-electron chi connectivity index (χ3n) is 10.2. The number of amides is 1. The van der Waals surface area contributed by atoms with Gasteiger partial charge in [-0.3, -0.25) is 4.79 Å². The van der Waals surface area contributed by atoms with E-state index < -0.39 is 77.9 Å². The average molecular weight is 628 g/mol. The Morgan fingerprint density at radius 3 is 2.64 bits per heavy atom. The van der Waals surface area contributed by atoms with Gasteiger partial charge in [-0.25, -0.2) is 14.4 Å². The second-order valence-electron chi connectivity index (χ2n) is 13.0. The number of methoxy groups -OCH3 is 1. The molecular weight excluding hydrogens is 582 g/mol. The molecule has 45 heavy (non-hydrogen) atoms. The van der Waals surface area contributed by atoms with Crippen LogP contribution in [0.1, 0.15) is 53.9 Å². The van der Waals surface area contributed by atoms with Crippen molar-refractivity contribution in [3.05, 3.63) is 47.6 Å². The number of aliphatic hydroxyl groups excluding tert-OH is 1. The number of nitrogens with one attached hydrogen (secondary N) is 1. The normalized spacial score (nSPS) is 40.3. The van der Waals surface area contributed by atoms with Crippen molar-refractivity contribution in [3.8, 4) is 0 Å². The molecule has 5 aliphatic rings. The SMILES string of the molecule is CCCNC(=O)C(=O)O[C@H](C)[C@H]1OC(=O)[C@@H](OC)C[C@H]2C=CC3C4C(O)[C@@H](C)[C@@H](OC(=O)C5=CC=CC5)[C@@H]3O[C@]42/C(C)=C/[C@H]1C. The molecule has 1 amide bonds. The van der Waals surface area contributed by atoms with Gasteiger partial charge in [0, 0.05) is 48.8 Å². The zero-order chi connectivity index (χ0) is 32.6. The predicted molar refractivity (Wildman–Crippen MR) is 161 cm³/mol. The van der Waals surface area contributed by atoms with Gasteiger partial charge in [-0.1, -0.05) is 57.2 Å². The fourth-order valence-corrected chi connectivity index (χ4v) is 7.88. The highest BCUT2D eigenvalue weighted by atomic mass is 16.6. The molecule has 246 valence electrons. The Morgan fingerprint density at radius 2 is 1.98 bits per heavy atom. The first kappa shape index (κ1) is 33.1. The van der Waals surface area contributed by atoms with Crippen LogP contribution < -0.4 is 5.32 Å². The topological polar surface area (TPSA) is 147 Å². The van der Waals surface area contributed by atoms with E-state index in [1.165, 1.54) is 7.11 Å². The van der Waals surface area contributed by atoms with Crippen LogP contribution in [0.3, 0.4) is 0 Å². The largest absolute Gasteiger partial charge is 0.456 e. The average Bonchev–Trinajstić information content (AvgIpc) is 3.62. The molecule has 2 fully saturated rings. The molecule has 0 aromatic rings. The summed E-state index contributed by atoms with van der Waals surface area (Å²) in [6.45, 7) is 9.42. The summed E-state index contributed by atoms with van der Waals surface area (Å²) in [5.74, 6) is -4.84. The minimum atomic E-state index is -1.06. The van der Waals surface area contributed by atoms with Crippen LogP contribution in [-0.4, -0.2) is 84.8 Å². The van der Waals surface area contributed by atoms with E-state index >= 15 is 0 Å². The molecule has 2 N–H and O–H groups in total. The van der Waals surface area contributed by atoms with Crippen LogP contribution in [0.2, 0.25) is 0 Å². The molecule has 3 unspecified atom stereocenters. The molecule has 2 heterocycles. The molecule has 4 bridgehead atoms. The van der Waals surface area contributed by atoms with Crippen LogP contribution in [0.15, 0.2) is 47.6 Å². The van der Waals surface area contributed by atoms with Crippen LogP contribution >= 0.6 is 0 Å². The molecule has 11 nitrogen and oxygen atoms in total. The number of carbonyl (C=O) groups excluding carboxylic acids is 4. The van der Waals surface area contributed by atoms with E-state index in [4.69, 9.17) is 23.7 Å². The van der Waals surface area contributed by atoms with Gasteiger partial charge in [-0.05, 0) is 38.7 Å². The van der Waals surface area contributed by atoms with Gasteiger partial charge in [0.05, 0.1) is 6.10 Å². The molecule has 0 radical (unpaired) electrons. The second kappa shape index (κ2) is 13.2. The van der Waals surface area contributed by atoms with Gasteiger partial charge in [0.25, 0.3) is 0 Å². The highest BCUT2D eigenvalue weighted by Crippen LogP contribution is 2.61. The lowest BCUT2D eigenvalue weighted by molar-refractivity contribution is -0.180. The number of aliphatic hydroxyl groups is 1. The maximum absolute atomic E-state index is 13.5. The molecule has 0 aromatic carbocycles. The number of cyclic esters (lactones) is 1. The zero-order valence-electron chi connectivity index (χ0n) is 26.8. The van der Waals surface area contributed by atoms with Crippen LogP contribution in [0.25, 0.3) is 0 Å². The quantitative estimate of drug-likeness (QED) is 0.187. The number of esters is 3. The summed E-state index contributed by atoms with van der Waals surface area (Å²) in [7, 11) is 1.43. The smallest absolute Gasteiger partial charge is 0.397 e. The van der Waals surface area contributed by atoms with Gasteiger partial charge in [-0.2, -0.15) is 0 Å². The number of rotatable bonds is 7.